The normalized spacial score (nSPS) is 15.0. The Morgan fingerprint density at radius 3 is 2.54 bits per heavy atom. The molecule has 0 radical (unpaired) electrons. The van der Waals surface area contributed by atoms with Crippen LogP contribution < -0.4 is 5.43 Å². The molecule has 2 aromatic carbocycles. The van der Waals surface area contributed by atoms with Gasteiger partial charge in [0.25, 0.3) is 5.95 Å². The number of aliphatic imine (C=N–C) groups is 1. The summed E-state index contributed by atoms with van der Waals surface area (Å²) in [6.45, 7) is 1.21. The van der Waals surface area contributed by atoms with E-state index in [4.69, 9.17) is 23.2 Å². The predicted octanol–water partition coefficient (Wildman–Crippen LogP) is 4.14. The second-order valence-electron chi connectivity index (χ2n) is 7.62. The van der Waals surface area contributed by atoms with Crippen LogP contribution in [0.2, 0.25) is 10.0 Å². The minimum absolute atomic E-state index is 0.0803. The number of hydrogen-bond donors (Lipinski definition) is 1. The Morgan fingerprint density at radius 1 is 1.11 bits per heavy atom. The third-order valence-corrected chi connectivity index (χ3v) is 7.41. The van der Waals surface area contributed by atoms with Crippen LogP contribution in [0.5, 0.6) is 0 Å². The number of isothiocyanates is 1. The molecule has 1 aliphatic heterocycles. The summed E-state index contributed by atoms with van der Waals surface area (Å²) in [6, 6.07) is 12.7. The Morgan fingerprint density at radius 2 is 1.86 bits per heavy atom. The van der Waals surface area contributed by atoms with E-state index < -0.39 is 9.84 Å². The first-order valence-corrected chi connectivity index (χ1v) is 13.6. The molecule has 1 saturated heterocycles. The number of nitrogens with one attached hydrogen (secondary N) is 1. The highest BCUT2D eigenvalue weighted by atomic mass is 35.5. The molecule has 1 N–H and O–H groups in total. The number of hydrogen-bond acceptors (Lipinski definition) is 8. The van der Waals surface area contributed by atoms with Crippen LogP contribution in [0.1, 0.15) is 12.0 Å². The van der Waals surface area contributed by atoms with E-state index in [2.05, 4.69) is 49.7 Å². The highest BCUT2D eigenvalue weighted by Crippen LogP contribution is 2.29. The Labute approximate surface area is 218 Å². The molecule has 0 unspecified atom stereocenters. The smallest absolute Gasteiger partial charge is 0.257 e. The Balaban J connectivity index is 1.63. The van der Waals surface area contributed by atoms with Crippen LogP contribution in [0, 0.1) is 11.8 Å². The van der Waals surface area contributed by atoms with Crippen LogP contribution in [0.3, 0.4) is 0 Å². The lowest BCUT2D eigenvalue weighted by Gasteiger charge is -2.26. The molecule has 1 aliphatic rings. The Hall–Kier alpha value is -2.77. The summed E-state index contributed by atoms with van der Waals surface area (Å²) in [5, 5.41) is 9.64. The highest BCUT2D eigenvalue weighted by molar-refractivity contribution is 7.91. The van der Waals surface area contributed by atoms with Gasteiger partial charge in [-0.1, -0.05) is 35.0 Å². The maximum Gasteiger partial charge on any atom is 0.257 e. The van der Waals surface area contributed by atoms with Gasteiger partial charge in [-0.3, -0.25) is 5.43 Å². The second-order valence-corrected chi connectivity index (χ2v) is 10.9. The van der Waals surface area contributed by atoms with Gasteiger partial charge in [-0.25, -0.2) is 23.1 Å². The zero-order valence-electron chi connectivity index (χ0n) is 18.4. The minimum Gasteiger partial charge on any atom is -0.286 e. The van der Waals surface area contributed by atoms with Crippen molar-refractivity contribution in [2.45, 2.75) is 6.42 Å². The molecule has 2 heterocycles. The quantitative estimate of drug-likeness (QED) is 0.215. The van der Waals surface area contributed by atoms with E-state index in [1.165, 1.54) is 0 Å². The van der Waals surface area contributed by atoms with Crippen molar-refractivity contribution in [3.63, 3.8) is 0 Å². The third-order valence-electron chi connectivity index (χ3n) is 5.14. The van der Waals surface area contributed by atoms with E-state index in [1.807, 2.05) is 24.3 Å². The highest BCUT2D eigenvalue weighted by Gasteiger charge is 2.23. The standard InChI is InChI=1S/C23H20Cl2N6O2S2/c24-19-8-9-21(20(25)15-19)31-22(18-6-4-17(5-7-18)3-1-2-10-26-16-34)27-23(29-31)28-30-11-13-35(32,33)14-12-30/h4-9,15H,2,10-14H2,(H,28,29). The van der Waals surface area contributed by atoms with Gasteiger partial charge in [0.15, 0.2) is 15.7 Å². The van der Waals surface area contributed by atoms with Gasteiger partial charge in [0.1, 0.15) is 0 Å². The largest absolute Gasteiger partial charge is 0.286 e. The van der Waals surface area contributed by atoms with Crippen molar-refractivity contribution in [3.05, 3.63) is 58.1 Å². The molecule has 4 rings (SSSR count). The number of sulfone groups is 1. The molecular formula is C23H20Cl2N6O2S2. The van der Waals surface area contributed by atoms with Gasteiger partial charge in [-0.05, 0) is 54.7 Å². The average Bonchev–Trinajstić information content (AvgIpc) is 3.24. The molecule has 12 heteroatoms. The number of benzene rings is 2. The fourth-order valence-corrected chi connectivity index (χ4v) is 5.14. The molecule has 180 valence electrons. The van der Waals surface area contributed by atoms with Crippen molar-refractivity contribution >= 4 is 56.4 Å². The molecular weight excluding hydrogens is 527 g/mol. The SMILES string of the molecule is O=S1(=O)CCN(Nc2nc(-c3ccc(C#CCCN=C=S)cc3)n(-c3ccc(Cl)cc3Cl)n2)CC1. The van der Waals surface area contributed by atoms with Crippen molar-refractivity contribution in [1.82, 2.24) is 19.8 Å². The maximum absolute atomic E-state index is 11.7. The summed E-state index contributed by atoms with van der Waals surface area (Å²) in [6.07, 6.45) is 0.599. The lowest BCUT2D eigenvalue weighted by molar-refractivity contribution is 0.351. The molecule has 8 nitrogen and oxygen atoms in total. The monoisotopic (exact) mass is 546 g/mol. The zero-order valence-corrected chi connectivity index (χ0v) is 21.6. The van der Waals surface area contributed by atoms with Crippen molar-refractivity contribution in [1.29, 1.82) is 0 Å². The Bertz CT molecular complexity index is 1420. The first-order valence-electron chi connectivity index (χ1n) is 10.6. The van der Waals surface area contributed by atoms with Crippen molar-refractivity contribution in [2.75, 3.05) is 36.6 Å². The van der Waals surface area contributed by atoms with Crippen LogP contribution in [0.25, 0.3) is 17.1 Å². The van der Waals surface area contributed by atoms with E-state index >= 15 is 0 Å². The minimum atomic E-state index is -3.00. The van der Waals surface area contributed by atoms with Gasteiger partial charge in [-0.2, -0.15) is 4.98 Å². The summed E-state index contributed by atoms with van der Waals surface area (Å²) in [5.74, 6) is 7.18. The lowest BCUT2D eigenvalue weighted by Crippen LogP contribution is -2.43. The third kappa shape index (κ3) is 6.67. The molecule has 0 amide bonds. The number of anilines is 1. The molecule has 0 saturated carbocycles. The first-order chi connectivity index (χ1) is 16.8. The summed E-state index contributed by atoms with van der Waals surface area (Å²) >= 11 is 17.1. The van der Waals surface area contributed by atoms with E-state index in [-0.39, 0.29) is 11.5 Å². The topological polar surface area (TPSA) is 92.5 Å². The van der Waals surface area contributed by atoms with Gasteiger partial charge in [-0.15, -0.1) is 5.10 Å². The molecule has 0 atom stereocenters. The fourth-order valence-electron chi connectivity index (χ4n) is 3.36. The molecule has 1 aromatic heterocycles. The van der Waals surface area contributed by atoms with Crippen LogP contribution in [0.4, 0.5) is 5.95 Å². The summed E-state index contributed by atoms with van der Waals surface area (Å²) < 4.78 is 25.1. The molecule has 35 heavy (non-hydrogen) atoms. The van der Waals surface area contributed by atoms with Gasteiger partial charge in [0.05, 0.1) is 33.9 Å². The zero-order chi connectivity index (χ0) is 24.8. The fraction of sp³-hybridized carbons (Fsp3) is 0.261. The molecule has 0 spiro atoms. The number of halogens is 2. The van der Waals surface area contributed by atoms with Gasteiger partial charge < -0.3 is 0 Å². The van der Waals surface area contributed by atoms with E-state index in [0.29, 0.717) is 53.6 Å². The van der Waals surface area contributed by atoms with Gasteiger partial charge in [0, 0.05) is 35.7 Å². The van der Waals surface area contributed by atoms with Gasteiger partial charge in [0.2, 0.25) is 0 Å². The number of aromatic nitrogens is 3. The van der Waals surface area contributed by atoms with E-state index in [9.17, 15) is 8.42 Å². The lowest BCUT2D eigenvalue weighted by atomic mass is 10.1. The van der Waals surface area contributed by atoms with E-state index in [1.54, 1.807) is 27.9 Å². The molecule has 3 aromatic rings. The van der Waals surface area contributed by atoms with Crippen molar-refractivity contribution in [3.8, 4) is 28.9 Å². The van der Waals surface area contributed by atoms with Gasteiger partial charge >= 0.3 is 0 Å². The molecule has 0 bridgehead atoms. The number of nitrogens with zero attached hydrogens (tertiary/aromatic N) is 5. The first kappa shape index (κ1) is 25.3. The van der Waals surface area contributed by atoms with Crippen molar-refractivity contribution in [2.24, 2.45) is 4.99 Å². The second kappa shape index (κ2) is 11.3. The van der Waals surface area contributed by atoms with Crippen LogP contribution in [0.15, 0.2) is 47.5 Å². The predicted molar refractivity (Wildman–Crippen MR) is 142 cm³/mol. The number of thiocarbonyl (C=S) groups is 1. The van der Waals surface area contributed by atoms with Crippen molar-refractivity contribution < 1.29 is 8.42 Å². The summed E-state index contributed by atoms with van der Waals surface area (Å²) in [4.78, 5) is 8.51. The van der Waals surface area contributed by atoms with E-state index in [0.717, 1.165) is 11.1 Å². The Kier molecular flexibility index (Phi) is 8.19. The van der Waals surface area contributed by atoms with Crippen LogP contribution >= 0.6 is 35.4 Å². The molecule has 1 fully saturated rings. The molecule has 0 aliphatic carbocycles. The summed E-state index contributed by atoms with van der Waals surface area (Å²) in [5.41, 5.74) is 5.38. The average molecular weight is 547 g/mol. The summed E-state index contributed by atoms with van der Waals surface area (Å²) in [7, 11) is -3.00. The van der Waals surface area contributed by atoms with Crippen LogP contribution in [-0.4, -0.2) is 64.5 Å². The number of rotatable bonds is 6. The number of hydrazine groups is 1. The van der Waals surface area contributed by atoms with Crippen LogP contribution in [-0.2, 0) is 9.84 Å². The maximum atomic E-state index is 11.7.